The normalized spacial score (nSPS) is 11.8. The summed E-state index contributed by atoms with van der Waals surface area (Å²) in [4.78, 5) is 26.6. The molecule has 0 aliphatic carbocycles. The predicted molar refractivity (Wildman–Crippen MR) is 68.7 cm³/mol. The van der Waals surface area contributed by atoms with Gasteiger partial charge in [-0.1, -0.05) is 30.1 Å². The third-order valence-corrected chi connectivity index (χ3v) is 2.51. The van der Waals surface area contributed by atoms with Crippen LogP contribution in [0.25, 0.3) is 0 Å². The highest BCUT2D eigenvalue weighted by atomic mass is 35.5. The molecule has 0 bridgehead atoms. The van der Waals surface area contributed by atoms with E-state index in [1.54, 1.807) is 6.92 Å². The second-order valence-corrected chi connectivity index (χ2v) is 4.30. The number of anilines is 1. The highest BCUT2D eigenvalue weighted by molar-refractivity contribution is 6.36. The van der Waals surface area contributed by atoms with Gasteiger partial charge in [-0.25, -0.2) is 4.98 Å². The molecule has 0 aromatic carbocycles. The molecule has 1 N–H and O–H groups in total. The van der Waals surface area contributed by atoms with Crippen molar-refractivity contribution in [1.82, 2.24) is 4.98 Å². The van der Waals surface area contributed by atoms with Gasteiger partial charge in [0.2, 0.25) is 0 Å². The third-order valence-electron chi connectivity index (χ3n) is 2.02. The van der Waals surface area contributed by atoms with Gasteiger partial charge in [0.1, 0.15) is 0 Å². The number of aromatic nitrogens is 1. The Bertz CT molecular complexity index is 466. The van der Waals surface area contributed by atoms with E-state index in [9.17, 15) is 9.59 Å². The number of esters is 1. The van der Waals surface area contributed by atoms with Crippen LogP contribution in [-0.4, -0.2) is 23.0 Å². The van der Waals surface area contributed by atoms with E-state index in [2.05, 4.69) is 10.3 Å². The van der Waals surface area contributed by atoms with Crippen molar-refractivity contribution in [1.29, 1.82) is 0 Å². The van der Waals surface area contributed by atoms with Gasteiger partial charge in [0, 0.05) is 12.6 Å². The number of ether oxygens (including phenoxy) is 1. The zero-order valence-electron chi connectivity index (χ0n) is 9.87. The van der Waals surface area contributed by atoms with E-state index in [1.807, 2.05) is 0 Å². The number of halogens is 2. The summed E-state index contributed by atoms with van der Waals surface area (Å²) in [5.74, 6) is -0.785. The number of amides is 1. The summed E-state index contributed by atoms with van der Waals surface area (Å²) in [6.07, 6.45) is 0.648. The second kappa shape index (κ2) is 6.56. The van der Waals surface area contributed by atoms with Crippen LogP contribution >= 0.6 is 23.2 Å². The molecular weight excluding hydrogens is 279 g/mol. The fraction of sp³-hybridized carbons (Fsp3) is 0.364. The Morgan fingerprint density at radius 1 is 1.50 bits per heavy atom. The number of hydrogen-bond acceptors (Lipinski definition) is 4. The topological polar surface area (TPSA) is 68.3 Å². The zero-order chi connectivity index (χ0) is 13.7. The molecule has 0 saturated heterocycles. The monoisotopic (exact) mass is 290 g/mol. The highest BCUT2D eigenvalue weighted by Gasteiger charge is 2.18. The first-order valence-corrected chi connectivity index (χ1v) is 6.01. The molecule has 7 heteroatoms. The van der Waals surface area contributed by atoms with Crippen molar-refractivity contribution in [2.45, 2.75) is 26.4 Å². The summed E-state index contributed by atoms with van der Waals surface area (Å²) in [7, 11) is 0. The van der Waals surface area contributed by atoms with Crippen LogP contribution in [0, 0.1) is 0 Å². The van der Waals surface area contributed by atoms with Gasteiger partial charge in [-0.05, 0) is 13.0 Å². The summed E-state index contributed by atoms with van der Waals surface area (Å²) < 4.78 is 4.85. The first-order valence-electron chi connectivity index (χ1n) is 5.25. The van der Waals surface area contributed by atoms with Crippen molar-refractivity contribution >= 4 is 40.9 Å². The van der Waals surface area contributed by atoms with Crippen LogP contribution < -0.4 is 5.32 Å². The highest BCUT2D eigenvalue weighted by Crippen LogP contribution is 2.22. The molecule has 1 aromatic rings. The lowest BCUT2D eigenvalue weighted by Crippen LogP contribution is -2.30. The van der Waals surface area contributed by atoms with Crippen molar-refractivity contribution in [3.8, 4) is 0 Å². The average Bonchev–Trinajstić information content (AvgIpc) is 2.32. The van der Waals surface area contributed by atoms with Gasteiger partial charge in [-0.2, -0.15) is 0 Å². The number of pyridine rings is 1. The predicted octanol–water partition coefficient (Wildman–Crippen LogP) is 2.67. The van der Waals surface area contributed by atoms with E-state index in [0.717, 1.165) is 0 Å². The van der Waals surface area contributed by atoms with Gasteiger partial charge in [0.15, 0.2) is 11.9 Å². The van der Waals surface area contributed by atoms with Crippen LogP contribution in [0.1, 0.15) is 20.3 Å². The van der Waals surface area contributed by atoms with Gasteiger partial charge < -0.3 is 10.1 Å². The van der Waals surface area contributed by atoms with Crippen molar-refractivity contribution in [3.05, 3.63) is 22.3 Å². The molecule has 0 saturated carbocycles. The van der Waals surface area contributed by atoms with Crippen LogP contribution in [0.2, 0.25) is 10.0 Å². The van der Waals surface area contributed by atoms with E-state index < -0.39 is 18.0 Å². The lowest BCUT2D eigenvalue weighted by Gasteiger charge is -2.13. The van der Waals surface area contributed by atoms with Crippen molar-refractivity contribution < 1.29 is 14.3 Å². The van der Waals surface area contributed by atoms with Crippen molar-refractivity contribution in [3.63, 3.8) is 0 Å². The minimum Gasteiger partial charge on any atom is -0.453 e. The smallest absolute Gasteiger partial charge is 0.306 e. The maximum atomic E-state index is 11.7. The number of rotatable bonds is 4. The first kappa shape index (κ1) is 14.7. The lowest BCUT2D eigenvalue weighted by molar-refractivity contribution is -0.152. The quantitative estimate of drug-likeness (QED) is 0.866. The SMILES string of the molecule is CCC(=O)O[C@H](C)C(=O)Nc1ncc(Cl)cc1Cl. The molecule has 1 aromatic heterocycles. The summed E-state index contributed by atoms with van der Waals surface area (Å²) >= 11 is 11.5. The molecule has 1 rings (SSSR count). The Morgan fingerprint density at radius 3 is 2.72 bits per heavy atom. The molecule has 0 aliphatic heterocycles. The maximum absolute atomic E-state index is 11.7. The number of carbonyl (C=O) groups is 2. The molecule has 1 heterocycles. The molecule has 5 nitrogen and oxygen atoms in total. The van der Waals surface area contributed by atoms with Gasteiger partial charge in [0.05, 0.1) is 10.0 Å². The van der Waals surface area contributed by atoms with Crippen LogP contribution in [0.5, 0.6) is 0 Å². The lowest BCUT2D eigenvalue weighted by atomic mass is 10.3. The molecule has 1 atom stereocenters. The van der Waals surface area contributed by atoms with E-state index in [1.165, 1.54) is 19.2 Å². The Balaban J connectivity index is 2.66. The summed E-state index contributed by atoms with van der Waals surface area (Å²) in [6, 6.07) is 1.45. The molecule has 98 valence electrons. The van der Waals surface area contributed by atoms with Crippen LogP contribution in [0.4, 0.5) is 5.82 Å². The van der Waals surface area contributed by atoms with Crippen LogP contribution in [0.15, 0.2) is 12.3 Å². The van der Waals surface area contributed by atoms with Gasteiger partial charge in [0.25, 0.3) is 5.91 Å². The molecule has 0 fully saturated rings. The van der Waals surface area contributed by atoms with Crippen molar-refractivity contribution in [2.75, 3.05) is 5.32 Å². The standard InChI is InChI=1S/C11H12Cl2N2O3/c1-3-9(16)18-6(2)11(17)15-10-8(13)4-7(12)5-14-10/h4-6H,3H2,1-2H3,(H,14,15,17)/t6-/m1/s1. The Labute approximate surface area is 114 Å². The van der Waals surface area contributed by atoms with Gasteiger partial charge in [-0.3, -0.25) is 9.59 Å². The fourth-order valence-corrected chi connectivity index (χ4v) is 1.49. The maximum Gasteiger partial charge on any atom is 0.306 e. The zero-order valence-corrected chi connectivity index (χ0v) is 11.4. The van der Waals surface area contributed by atoms with E-state index in [-0.39, 0.29) is 17.3 Å². The number of carbonyl (C=O) groups excluding carboxylic acids is 2. The molecule has 0 spiro atoms. The molecule has 0 aliphatic rings. The summed E-state index contributed by atoms with van der Waals surface area (Å²) in [6.45, 7) is 3.11. The Hall–Kier alpha value is -1.33. The molecule has 0 radical (unpaired) electrons. The van der Waals surface area contributed by atoms with E-state index >= 15 is 0 Å². The van der Waals surface area contributed by atoms with Crippen LogP contribution in [-0.2, 0) is 14.3 Å². The number of nitrogens with one attached hydrogen (secondary N) is 1. The molecule has 1 amide bonds. The minimum absolute atomic E-state index is 0.172. The second-order valence-electron chi connectivity index (χ2n) is 3.46. The first-order chi connectivity index (χ1) is 8.43. The largest absolute Gasteiger partial charge is 0.453 e. The molecular formula is C11H12Cl2N2O3. The van der Waals surface area contributed by atoms with Crippen molar-refractivity contribution in [2.24, 2.45) is 0 Å². The van der Waals surface area contributed by atoms with E-state index in [0.29, 0.717) is 5.02 Å². The van der Waals surface area contributed by atoms with E-state index in [4.69, 9.17) is 27.9 Å². The van der Waals surface area contributed by atoms with Gasteiger partial charge in [-0.15, -0.1) is 0 Å². The Kier molecular flexibility index (Phi) is 5.37. The minimum atomic E-state index is -0.911. The van der Waals surface area contributed by atoms with Gasteiger partial charge >= 0.3 is 5.97 Å². The average molecular weight is 291 g/mol. The third kappa shape index (κ3) is 4.16. The fourth-order valence-electron chi connectivity index (χ4n) is 1.06. The summed E-state index contributed by atoms with van der Waals surface area (Å²) in [5.41, 5.74) is 0. The molecule has 0 unspecified atom stereocenters. The number of nitrogens with zero attached hydrogens (tertiary/aromatic N) is 1. The van der Waals surface area contributed by atoms with Crippen LogP contribution in [0.3, 0.4) is 0 Å². The number of hydrogen-bond donors (Lipinski definition) is 1. The summed E-state index contributed by atoms with van der Waals surface area (Å²) in [5, 5.41) is 3.03. The molecule has 18 heavy (non-hydrogen) atoms. The Morgan fingerprint density at radius 2 is 2.17 bits per heavy atom.